The molecule has 0 radical (unpaired) electrons. The molecule has 1 fully saturated rings. The van der Waals surface area contributed by atoms with E-state index in [1.165, 1.54) is 32.1 Å². The molecule has 2 amide bonds. The molecular formula is C34H46N4O4. The minimum atomic E-state index is -0.337. The van der Waals surface area contributed by atoms with Gasteiger partial charge in [-0.2, -0.15) is 0 Å². The van der Waals surface area contributed by atoms with Crippen LogP contribution in [-0.4, -0.2) is 76.7 Å². The third-order valence-electron chi connectivity index (χ3n) is 9.08. The molecule has 1 aromatic heterocycles. The maximum atomic E-state index is 13.8. The van der Waals surface area contributed by atoms with E-state index in [4.69, 9.17) is 4.74 Å². The number of aromatic nitrogens is 1. The van der Waals surface area contributed by atoms with Crippen molar-refractivity contribution >= 4 is 28.4 Å². The number of aryl methyl sites for hydroxylation is 1. The van der Waals surface area contributed by atoms with Crippen molar-refractivity contribution in [2.45, 2.75) is 64.5 Å². The summed E-state index contributed by atoms with van der Waals surface area (Å²) in [7, 11) is 4.14. The van der Waals surface area contributed by atoms with Crippen LogP contribution in [0.4, 0.5) is 5.69 Å². The topological polar surface area (TPSA) is 87.0 Å². The van der Waals surface area contributed by atoms with Gasteiger partial charge in [0, 0.05) is 49.7 Å². The maximum Gasteiger partial charge on any atom is 0.258 e. The first kappa shape index (κ1) is 30.1. The summed E-state index contributed by atoms with van der Waals surface area (Å²) in [6, 6.07) is 13.1. The Morgan fingerprint density at radius 2 is 1.88 bits per heavy atom. The number of nitrogens with one attached hydrogen (secondary N) is 1. The van der Waals surface area contributed by atoms with Gasteiger partial charge in [0.05, 0.1) is 30.3 Å². The lowest BCUT2D eigenvalue weighted by atomic mass is 9.89. The molecule has 0 spiro atoms. The van der Waals surface area contributed by atoms with Crippen molar-refractivity contribution in [1.82, 2.24) is 14.4 Å². The molecule has 1 saturated carbocycles. The number of fused-ring (bicyclic) bond motifs is 2. The van der Waals surface area contributed by atoms with Gasteiger partial charge in [-0.25, -0.2) is 0 Å². The summed E-state index contributed by atoms with van der Waals surface area (Å²) in [5.41, 5.74) is 2.92. The van der Waals surface area contributed by atoms with Gasteiger partial charge in [0.25, 0.3) is 5.91 Å². The first-order valence-electron chi connectivity index (χ1n) is 15.5. The first-order valence-corrected chi connectivity index (χ1v) is 15.5. The van der Waals surface area contributed by atoms with Gasteiger partial charge < -0.3 is 29.5 Å². The molecule has 0 bridgehead atoms. The van der Waals surface area contributed by atoms with Crippen molar-refractivity contribution in [3.63, 3.8) is 0 Å². The molecule has 5 rings (SSSR count). The molecule has 2 N–H and O–H groups in total. The van der Waals surface area contributed by atoms with E-state index in [2.05, 4.69) is 24.2 Å². The number of hydrogen-bond acceptors (Lipinski definition) is 5. The molecule has 8 heteroatoms. The van der Waals surface area contributed by atoms with Crippen LogP contribution in [0.15, 0.2) is 48.7 Å². The van der Waals surface area contributed by atoms with E-state index in [1.54, 1.807) is 17.0 Å². The van der Waals surface area contributed by atoms with Gasteiger partial charge in [0.1, 0.15) is 6.10 Å². The van der Waals surface area contributed by atoms with E-state index < -0.39 is 0 Å². The van der Waals surface area contributed by atoms with Crippen molar-refractivity contribution in [3.05, 3.63) is 59.8 Å². The first-order chi connectivity index (χ1) is 20.2. The minimum Gasteiger partial charge on any atom is -0.486 e. The predicted molar refractivity (Wildman–Crippen MR) is 167 cm³/mol. The van der Waals surface area contributed by atoms with E-state index in [-0.39, 0.29) is 42.9 Å². The average Bonchev–Trinajstić information content (AvgIpc) is 3.30. The van der Waals surface area contributed by atoms with Crippen LogP contribution >= 0.6 is 0 Å². The molecule has 1 aliphatic heterocycles. The number of aliphatic hydroxyl groups is 1. The van der Waals surface area contributed by atoms with Gasteiger partial charge in [-0.15, -0.1) is 0 Å². The average molecular weight is 575 g/mol. The Morgan fingerprint density at radius 3 is 2.64 bits per heavy atom. The second-order valence-electron chi connectivity index (χ2n) is 12.5. The SMILES string of the molecule is C[C@H](CO)N1C[C@H](C)[C@@H](CN(C)CC2CCCCC2)Oc2c(NC(=O)Cc3cn(C)c4ccccc34)cccc2C1=O. The number of rotatable bonds is 9. The van der Waals surface area contributed by atoms with Crippen LogP contribution in [-0.2, 0) is 18.3 Å². The van der Waals surface area contributed by atoms with Gasteiger partial charge in [-0.3, -0.25) is 9.59 Å². The quantitative estimate of drug-likeness (QED) is 0.372. The van der Waals surface area contributed by atoms with E-state index >= 15 is 0 Å². The molecule has 3 aromatic rings. The Kier molecular flexibility index (Phi) is 9.53. The molecule has 0 unspecified atom stereocenters. The van der Waals surface area contributed by atoms with Crippen LogP contribution in [0.3, 0.4) is 0 Å². The Morgan fingerprint density at radius 1 is 1.12 bits per heavy atom. The van der Waals surface area contributed by atoms with Crippen molar-refractivity contribution in [2.24, 2.45) is 18.9 Å². The third-order valence-corrected chi connectivity index (χ3v) is 9.08. The number of likely N-dealkylation sites (N-methyl/N-ethyl adjacent to an activating group) is 1. The molecule has 42 heavy (non-hydrogen) atoms. The van der Waals surface area contributed by atoms with Crippen LogP contribution in [0.1, 0.15) is 61.9 Å². The van der Waals surface area contributed by atoms with Crippen molar-refractivity contribution in [2.75, 3.05) is 38.6 Å². The second-order valence-corrected chi connectivity index (χ2v) is 12.5. The van der Waals surface area contributed by atoms with Crippen LogP contribution in [0.2, 0.25) is 0 Å². The fourth-order valence-electron chi connectivity index (χ4n) is 6.69. The monoisotopic (exact) mass is 574 g/mol. The highest BCUT2D eigenvalue weighted by Gasteiger charge is 2.35. The summed E-state index contributed by atoms with van der Waals surface area (Å²) in [4.78, 5) is 31.3. The number of aliphatic hydroxyl groups excluding tert-OH is 1. The summed E-state index contributed by atoms with van der Waals surface area (Å²) in [5.74, 6) is 0.766. The zero-order chi connectivity index (χ0) is 29.8. The highest BCUT2D eigenvalue weighted by molar-refractivity contribution is 6.02. The van der Waals surface area contributed by atoms with Crippen molar-refractivity contribution in [3.8, 4) is 5.75 Å². The normalized spacial score (nSPS) is 20.6. The Labute approximate surface area is 249 Å². The van der Waals surface area contributed by atoms with E-state index in [0.29, 0.717) is 36.0 Å². The molecule has 8 nitrogen and oxygen atoms in total. The fourth-order valence-corrected chi connectivity index (χ4v) is 6.69. The highest BCUT2D eigenvalue weighted by Crippen LogP contribution is 2.35. The standard InChI is InChI=1S/C34H46N4O4/c1-23-18-38(24(2)22-39)34(41)28-14-10-15-29(33(28)42-31(23)21-36(3)19-25-11-6-5-7-12-25)35-32(40)17-26-20-37(4)30-16-9-8-13-27(26)30/h8-10,13-16,20,23-25,31,39H,5-7,11-12,17-19,21-22H2,1-4H3,(H,35,40)/t23-,24+,31+/m0/s1. The Balaban J connectivity index is 1.41. The summed E-state index contributed by atoms with van der Waals surface area (Å²) in [6.45, 7) is 6.08. The summed E-state index contributed by atoms with van der Waals surface area (Å²) < 4.78 is 8.76. The lowest BCUT2D eigenvalue weighted by Gasteiger charge is -2.39. The summed E-state index contributed by atoms with van der Waals surface area (Å²) in [6.07, 6.45) is 8.50. The van der Waals surface area contributed by atoms with Crippen LogP contribution < -0.4 is 10.1 Å². The fraction of sp³-hybridized carbons (Fsp3) is 0.529. The smallest absolute Gasteiger partial charge is 0.258 e. The van der Waals surface area contributed by atoms with Gasteiger partial charge in [-0.05, 0) is 56.5 Å². The number of ether oxygens (including phenoxy) is 1. The number of amides is 2. The predicted octanol–water partition coefficient (Wildman–Crippen LogP) is 5.09. The number of benzene rings is 2. The van der Waals surface area contributed by atoms with Crippen LogP contribution in [0.5, 0.6) is 5.75 Å². The zero-order valence-corrected chi connectivity index (χ0v) is 25.5. The summed E-state index contributed by atoms with van der Waals surface area (Å²) >= 11 is 0. The van der Waals surface area contributed by atoms with E-state index in [9.17, 15) is 14.7 Å². The van der Waals surface area contributed by atoms with Crippen molar-refractivity contribution in [1.29, 1.82) is 0 Å². The maximum absolute atomic E-state index is 13.8. The molecule has 0 saturated heterocycles. The number of anilines is 1. The molecule has 3 atom stereocenters. The Bertz CT molecular complexity index is 1400. The number of para-hydroxylation sites is 2. The number of carbonyl (C=O) groups is 2. The van der Waals surface area contributed by atoms with Gasteiger partial charge in [-0.1, -0.05) is 50.5 Å². The van der Waals surface area contributed by atoms with E-state index in [0.717, 1.165) is 23.0 Å². The number of hydrogen-bond donors (Lipinski definition) is 2. The van der Waals surface area contributed by atoms with Gasteiger partial charge in [0.15, 0.2) is 5.75 Å². The largest absolute Gasteiger partial charge is 0.486 e. The molecule has 2 aromatic carbocycles. The van der Waals surface area contributed by atoms with Gasteiger partial charge in [0.2, 0.25) is 5.91 Å². The highest BCUT2D eigenvalue weighted by atomic mass is 16.5. The molecule has 226 valence electrons. The summed E-state index contributed by atoms with van der Waals surface area (Å²) in [5, 5.41) is 14.1. The lowest BCUT2D eigenvalue weighted by Crippen LogP contribution is -2.50. The van der Waals surface area contributed by atoms with Crippen LogP contribution in [0, 0.1) is 11.8 Å². The second kappa shape index (κ2) is 13.3. The third kappa shape index (κ3) is 6.65. The van der Waals surface area contributed by atoms with E-state index in [1.807, 2.05) is 55.1 Å². The van der Waals surface area contributed by atoms with Gasteiger partial charge >= 0.3 is 0 Å². The molecule has 2 heterocycles. The number of nitrogens with zero attached hydrogens (tertiary/aromatic N) is 3. The lowest BCUT2D eigenvalue weighted by molar-refractivity contribution is -0.115. The minimum absolute atomic E-state index is 0.0179. The molecule has 1 aliphatic carbocycles. The Hall–Kier alpha value is -3.36. The van der Waals surface area contributed by atoms with Crippen molar-refractivity contribution < 1.29 is 19.4 Å². The van der Waals surface area contributed by atoms with Crippen LogP contribution in [0.25, 0.3) is 10.9 Å². The number of carbonyl (C=O) groups excluding carboxylic acids is 2. The molecule has 2 aliphatic rings. The molecular weight excluding hydrogens is 528 g/mol. The zero-order valence-electron chi connectivity index (χ0n) is 25.5.